The highest BCUT2D eigenvalue weighted by Gasteiger charge is 2.33. The Labute approximate surface area is 232 Å². The van der Waals surface area contributed by atoms with Crippen LogP contribution in [-0.2, 0) is 5.75 Å². The van der Waals surface area contributed by atoms with Crippen molar-refractivity contribution in [2.45, 2.75) is 10.1 Å². The molecule has 7 rings (SSSR count). The second-order valence-corrected chi connectivity index (χ2v) is 11.9. The minimum Gasteiger partial charge on any atom is -0.314 e. The molecule has 1 N–H and O–H groups in total. The minimum atomic E-state index is -0.239. The van der Waals surface area contributed by atoms with Crippen LogP contribution < -0.4 is 5.32 Å². The number of benzene rings is 3. The van der Waals surface area contributed by atoms with E-state index in [2.05, 4.69) is 31.6 Å². The molecule has 196 valence electrons. The third kappa shape index (κ3) is 4.51. The number of thioether (sulfide) groups is 1. The molecule has 3 aromatic carbocycles. The van der Waals surface area contributed by atoms with Gasteiger partial charge in [0.15, 0.2) is 4.34 Å². The lowest BCUT2D eigenvalue weighted by Crippen LogP contribution is -2.49. The van der Waals surface area contributed by atoms with E-state index < -0.39 is 0 Å². The van der Waals surface area contributed by atoms with E-state index in [0.717, 1.165) is 52.8 Å². The quantitative estimate of drug-likeness (QED) is 0.239. The monoisotopic (exact) mass is 555 g/mol. The molecular weight excluding hydrogens is 530 g/mol. The molecule has 2 aromatic heterocycles. The summed E-state index contributed by atoms with van der Waals surface area (Å²) in [6, 6.07) is 17.4. The number of para-hydroxylation sites is 1. The van der Waals surface area contributed by atoms with Crippen molar-refractivity contribution in [1.29, 1.82) is 0 Å². The standard InChI is InChI=1S/C28H25N7O2S2/c36-26-20-5-3-4-19-23(9-8-21(25(19)20)27(37)34(26)15-14-33-12-10-29-11-13-33)35-16-18(31-32-35)17-38-28-30-22-6-1-2-7-24(22)39-28/h1-9,16,29H,10-15,17H2. The zero-order valence-corrected chi connectivity index (χ0v) is 22.7. The number of aromatic nitrogens is 4. The van der Waals surface area contributed by atoms with Gasteiger partial charge in [0.05, 0.1) is 27.8 Å². The van der Waals surface area contributed by atoms with Gasteiger partial charge in [-0.3, -0.25) is 19.4 Å². The highest BCUT2D eigenvalue weighted by atomic mass is 32.2. The van der Waals surface area contributed by atoms with Crippen LogP contribution in [-0.4, -0.2) is 80.9 Å². The summed E-state index contributed by atoms with van der Waals surface area (Å²) in [5, 5.41) is 13.6. The molecule has 1 saturated heterocycles. The van der Waals surface area contributed by atoms with Gasteiger partial charge in [0, 0.05) is 66.9 Å². The maximum absolute atomic E-state index is 13.5. The Morgan fingerprint density at radius 2 is 1.74 bits per heavy atom. The van der Waals surface area contributed by atoms with E-state index in [0.29, 0.717) is 35.4 Å². The smallest absolute Gasteiger partial charge is 0.261 e. The van der Waals surface area contributed by atoms with Gasteiger partial charge in [-0.25, -0.2) is 9.67 Å². The van der Waals surface area contributed by atoms with Crippen LogP contribution in [0.5, 0.6) is 0 Å². The molecule has 39 heavy (non-hydrogen) atoms. The fraction of sp³-hybridized carbons (Fsp3) is 0.250. The summed E-state index contributed by atoms with van der Waals surface area (Å²) in [6.07, 6.45) is 1.90. The van der Waals surface area contributed by atoms with Crippen LogP contribution in [0.1, 0.15) is 26.4 Å². The fourth-order valence-electron chi connectivity index (χ4n) is 5.24. The number of amides is 2. The number of carbonyl (C=O) groups is 2. The van der Waals surface area contributed by atoms with Crippen LogP contribution in [0.2, 0.25) is 0 Å². The number of imide groups is 1. The Hall–Kier alpha value is -3.64. The van der Waals surface area contributed by atoms with Gasteiger partial charge in [0.2, 0.25) is 0 Å². The molecule has 1 fully saturated rings. The van der Waals surface area contributed by atoms with Gasteiger partial charge in [0.1, 0.15) is 0 Å². The van der Waals surface area contributed by atoms with Crippen molar-refractivity contribution in [2.75, 3.05) is 39.3 Å². The maximum atomic E-state index is 13.5. The third-order valence-electron chi connectivity index (χ3n) is 7.22. The molecule has 2 aliphatic rings. The van der Waals surface area contributed by atoms with Crippen LogP contribution in [0, 0.1) is 0 Å². The predicted molar refractivity (Wildman–Crippen MR) is 153 cm³/mol. The van der Waals surface area contributed by atoms with E-state index in [9.17, 15) is 9.59 Å². The van der Waals surface area contributed by atoms with Crippen LogP contribution in [0.15, 0.2) is 65.1 Å². The van der Waals surface area contributed by atoms with Gasteiger partial charge in [-0.15, -0.1) is 16.4 Å². The first kappa shape index (κ1) is 24.4. The third-order valence-corrected chi connectivity index (χ3v) is 9.44. The van der Waals surface area contributed by atoms with Crippen LogP contribution in [0.3, 0.4) is 0 Å². The highest BCUT2D eigenvalue weighted by Crippen LogP contribution is 2.34. The van der Waals surface area contributed by atoms with Gasteiger partial charge >= 0.3 is 0 Å². The molecule has 4 heterocycles. The molecule has 0 bridgehead atoms. The van der Waals surface area contributed by atoms with E-state index >= 15 is 0 Å². The molecule has 0 radical (unpaired) electrons. The number of hydrogen-bond acceptors (Lipinski definition) is 9. The first-order valence-electron chi connectivity index (χ1n) is 12.9. The van der Waals surface area contributed by atoms with Gasteiger partial charge in [-0.1, -0.05) is 41.2 Å². The summed E-state index contributed by atoms with van der Waals surface area (Å²) in [5.41, 5.74) is 3.72. The first-order valence-corrected chi connectivity index (χ1v) is 14.7. The number of carbonyl (C=O) groups excluding carboxylic acids is 2. The Morgan fingerprint density at radius 3 is 2.59 bits per heavy atom. The summed E-state index contributed by atoms with van der Waals surface area (Å²) >= 11 is 3.30. The molecule has 0 aliphatic carbocycles. The number of piperazine rings is 1. The molecular formula is C28H25N7O2S2. The number of nitrogens with one attached hydrogen (secondary N) is 1. The largest absolute Gasteiger partial charge is 0.314 e. The SMILES string of the molecule is O=C1c2cccc3c(-n4cc(CSc5nc6ccccc6s5)nn4)ccc(c23)C(=O)N1CCN1CCNCC1. The Bertz CT molecular complexity index is 1670. The first-order chi connectivity index (χ1) is 19.2. The predicted octanol–water partition coefficient (Wildman–Crippen LogP) is 3.82. The number of thiazole rings is 1. The van der Waals surface area contributed by atoms with Crippen molar-refractivity contribution in [3.05, 3.63) is 77.6 Å². The molecule has 0 saturated carbocycles. The second-order valence-electron chi connectivity index (χ2n) is 9.60. The van der Waals surface area contributed by atoms with E-state index in [1.165, 1.54) is 9.60 Å². The number of hydrogen-bond donors (Lipinski definition) is 1. The summed E-state index contributed by atoms with van der Waals surface area (Å²) in [5.74, 6) is 0.161. The van der Waals surface area contributed by atoms with Gasteiger partial charge in [-0.2, -0.15) is 0 Å². The summed E-state index contributed by atoms with van der Waals surface area (Å²) in [7, 11) is 0. The highest BCUT2D eigenvalue weighted by molar-refractivity contribution is 8.00. The molecule has 2 amide bonds. The van der Waals surface area contributed by atoms with E-state index in [4.69, 9.17) is 0 Å². The van der Waals surface area contributed by atoms with Gasteiger partial charge in [-0.05, 0) is 30.3 Å². The Balaban J connectivity index is 1.14. The Kier molecular flexibility index (Phi) is 6.36. The van der Waals surface area contributed by atoms with Gasteiger partial charge in [0.25, 0.3) is 11.8 Å². The van der Waals surface area contributed by atoms with Gasteiger partial charge < -0.3 is 5.32 Å². The second kappa shape index (κ2) is 10.2. The van der Waals surface area contributed by atoms with Crippen molar-refractivity contribution in [1.82, 2.24) is 35.1 Å². The van der Waals surface area contributed by atoms with Crippen molar-refractivity contribution in [2.24, 2.45) is 0 Å². The lowest BCUT2D eigenvalue weighted by atomic mass is 9.93. The molecule has 9 nitrogen and oxygen atoms in total. The average molecular weight is 556 g/mol. The molecule has 0 spiro atoms. The summed E-state index contributed by atoms with van der Waals surface area (Å²) in [4.78, 5) is 35.3. The topological polar surface area (TPSA) is 96.2 Å². The van der Waals surface area contributed by atoms with Crippen LogP contribution in [0.25, 0.3) is 26.7 Å². The average Bonchev–Trinajstić information content (AvgIpc) is 3.62. The molecule has 5 aromatic rings. The number of nitrogens with zero attached hydrogens (tertiary/aromatic N) is 6. The number of rotatable bonds is 7. The van der Waals surface area contributed by atoms with E-state index in [1.54, 1.807) is 27.8 Å². The lowest BCUT2D eigenvalue weighted by molar-refractivity contribution is 0.0590. The molecule has 11 heteroatoms. The molecule has 0 atom stereocenters. The van der Waals surface area contributed by atoms with E-state index in [1.807, 2.05) is 54.7 Å². The van der Waals surface area contributed by atoms with Crippen molar-refractivity contribution in [3.63, 3.8) is 0 Å². The normalized spacial score (nSPS) is 16.1. The summed E-state index contributed by atoms with van der Waals surface area (Å²) < 4.78 is 3.88. The number of fused-ring (bicyclic) bond motifs is 1. The van der Waals surface area contributed by atoms with E-state index in [-0.39, 0.29) is 11.8 Å². The minimum absolute atomic E-state index is 0.239. The molecule has 0 unspecified atom stereocenters. The zero-order chi connectivity index (χ0) is 26.3. The van der Waals surface area contributed by atoms with Crippen molar-refractivity contribution in [3.8, 4) is 5.69 Å². The summed E-state index contributed by atoms with van der Waals surface area (Å²) in [6.45, 7) is 4.76. The van der Waals surface area contributed by atoms with Crippen molar-refractivity contribution >= 4 is 55.9 Å². The maximum Gasteiger partial charge on any atom is 0.261 e. The van der Waals surface area contributed by atoms with Crippen LogP contribution >= 0.6 is 23.1 Å². The van der Waals surface area contributed by atoms with Crippen molar-refractivity contribution < 1.29 is 9.59 Å². The zero-order valence-electron chi connectivity index (χ0n) is 21.0. The van der Waals surface area contributed by atoms with Crippen LogP contribution in [0.4, 0.5) is 0 Å². The fourth-order valence-corrected chi connectivity index (χ4v) is 7.19. The lowest BCUT2D eigenvalue weighted by Gasteiger charge is -2.32. The Morgan fingerprint density at radius 1 is 0.923 bits per heavy atom. The molecule has 2 aliphatic heterocycles.